The molecule has 0 fully saturated rings. The Morgan fingerprint density at radius 2 is 1.89 bits per heavy atom. The lowest BCUT2D eigenvalue weighted by Crippen LogP contribution is -2.42. The van der Waals surface area contributed by atoms with E-state index in [1.54, 1.807) is 32.9 Å². The summed E-state index contributed by atoms with van der Waals surface area (Å²) in [7, 11) is -3.31. The summed E-state index contributed by atoms with van der Waals surface area (Å²) in [5.74, 6) is 0. The van der Waals surface area contributed by atoms with Gasteiger partial charge in [0.2, 0.25) is 10.0 Å². The van der Waals surface area contributed by atoms with E-state index in [0.29, 0.717) is 18.8 Å². The number of nitrogens with two attached hydrogens (primary N) is 1. The van der Waals surface area contributed by atoms with Crippen LogP contribution in [0.3, 0.4) is 0 Å². The second-order valence-corrected chi connectivity index (χ2v) is 7.98. The van der Waals surface area contributed by atoms with E-state index >= 15 is 0 Å². The minimum Gasteiger partial charge on any atom is -0.399 e. The van der Waals surface area contributed by atoms with Crippen molar-refractivity contribution in [1.29, 1.82) is 0 Å². The number of rotatable bonds is 4. The van der Waals surface area contributed by atoms with Crippen molar-refractivity contribution in [2.24, 2.45) is 0 Å². The number of nitrogens with zero attached hydrogens (tertiary/aromatic N) is 1. The third kappa shape index (κ3) is 3.23. The van der Waals surface area contributed by atoms with E-state index in [2.05, 4.69) is 0 Å². The van der Waals surface area contributed by atoms with Crippen LogP contribution in [0.25, 0.3) is 0 Å². The van der Waals surface area contributed by atoms with Crippen molar-refractivity contribution in [2.75, 3.05) is 12.3 Å². The van der Waals surface area contributed by atoms with Crippen molar-refractivity contribution in [3.05, 3.63) is 29.8 Å². The van der Waals surface area contributed by atoms with Gasteiger partial charge >= 0.3 is 0 Å². The molecule has 0 radical (unpaired) electrons. The third-order valence-electron chi connectivity index (χ3n) is 2.78. The Kier molecular flexibility index (Phi) is 4.40. The highest BCUT2D eigenvalue weighted by atomic mass is 32.2. The van der Waals surface area contributed by atoms with Gasteiger partial charge in [0, 0.05) is 18.8 Å². The lowest BCUT2D eigenvalue weighted by Gasteiger charge is -2.29. The van der Waals surface area contributed by atoms with E-state index in [9.17, 15) is 8.42 Å². The van der Waals surface area contributed by atoms with Gasteiger partial charge in [0.25, 0.3) is 0 Å². The van der Waals surface area contributed by atoms with Gasteiger partial charge in [-0.2, -0.15) is 4.31 Å². The van der Waals surface area contributed by atoms with Gasteiger partial charge in [0.05, 0.1) is 4.75 Å². The van der Waals surface area contributed by atoms with Gasteiger partial charge < -0.3 is 5.73 Å². The van der Waals surface area contributed by atoms with Crippen molar-refractivity contribution in [3.63, 3.8) is 0 Å². The predicted octanol–water partition coefficient (Wildman–Crippen LogP) is 2.22. The van der Waals surface area contributed by atoms with Gasteiger partial charge in [-0.25, -0.2) is 8.42 Å². The number of hydrogen-bond acceptors (Lipinski definition) is 3. The minimum atomic E-state index is -3.31. The maximum absolute atomic E-state index is 12.4. The highest BCUT2D eigenvalue weighted by Gasteiger charge is 2.34. The Morgan fingerprint density at radius 1 is 1.28 bits per heavy atom. The zero-order valence-electron chi connectivity index (χ0n) is 11.5. The fourth-order valence-corrected chi connectivity index (χ4v) is 3.08. The number of benzene rings is 1. The largest absolute Gasteiger partial charge is 0.399 e. The molecule has 0 aliphatic heterocycles. The zero-order valence-corrected chi connectivity index (χ0v) is 12.3. The van der Waals surface area contributed by atoms with E-state index in [-0.39, 0.29) is 0 Å². The average molecular weight is 270 g/mol. The molecular weight excluding hydrogens is 248 g/mol. The van der Waals surface area contributed by atoms with E-state index in [1.807, 2.05) is 19.1 Å². The van der Waals surface area contributed by atoms with Gasteiger partial charge in [-0.3, -0.25) is 0 Å². The highest BCUT2D eigenvalue weighted by molar-refractivity contribution is 7.90. The maximum atomic E-state index is 12.4. The van der Waals surface area contributed by atoms with Crippen LogP contribution in [0, 0.1) is 0 Å². The van der Waals surface area contributed by atoms with E-state index in [4.69, 9.17) is 5.73 Å². The average Bonchev–Trinajstić information content (AvgIpc) is 2.24. The van der Waals surface area contributed by atoms with Crippen LogP contribution in [0.2, 0.25) is 0 Å². The molecule has 2 N–H and O–H groups in total. The fourth-order valence-electron chi connectivity index (χ4n) is 1.65. The van der Waals surface area contributed by atoms with Crippen molar-refractivity contribution < 1.29 is 8.42 Å². The van der Waals surface area contributed by atoms with Crippen LogP contribution in [0.5, 0.6) is 0 Å². The van der Waals surface area contributed by atoms with E-state index < -0.39 is 14.8 Å². The Hall–Kier alpha value is -1.07. The summed E-state index contributed by atoms with van der Waals surface area (Å²) < 4.78 is 25.4. The summed E-state index contributed by atoms with van der Waals surface area (Å²) in [6, 6.07) is 7.32. The molecule has 1 aromatic rings. The lowest BCUT2D eigenvalue weighted by atomic mass is 10.2. The molecule has 102 valence electrons. The highest BCUT2D eigenvalue weighted by Crippen LogP contribution is 2.22. The second-order valence-electron chi connectivity index (χ2n) is 5.29. The SMILES string of the molecule is CCN(Cc1cccc(N)c1)S(=O)(=O)C(C)(C)C. The van der Waals surface area contributed by atoms with Crippen molar-refractivity contribution in [3.8, 4) is 0 Å². The third-order valence-corrected chi connectivity index (χ3v) is 5.39. The van der Waals surface area contributed by atoms with E-state index in [0.717, 1.165) is 5.56 Å². The molecule has 0 saturated carbocycles. The summed E-state index contributed by atoms with van der Waals surface area (Å²) >= 11 is 0. The topological polar surface area (TPSA) is 63.4 Å². The Labute approximate surface area is 110 Å². The lowest BCUT2D eigenvalue weighted by molar-refractivity contribution is 0.404. The molecule has 1 rings (SSSR count). The first-order valence-corrected chi connectivity index (χ1v) is 7.46. The first kappa shape index (κ1) is 15.0. The Balaban J connectivity index is 3.00. The van der Waals surface area contributed by atoms with Crippen LogP contribution in [0.15, 0.2) is 24.3 Å². The summed E-state index contributed by atoms with van der Waals surface area (Å²) in [6.45, 7) is 7.80. The summed E-state index contributed by atoms with van der Waals surface area (Å²) in [5.41, 5.74) is 7.26. The predicted molar refractivity (Wildman–Crippen MR) is 75.6 cm³/mol. The monoisotopic (exact) mass is 270 g/mol. The number of anilines is 1. The van der Waals surface area contributed by atoms with Crippen LogP contribution >= 0.6 is 0 Å². The molecule has 0 spiro atoms. The molecule has 0 aromatic heterocycles. The van der Waals surface area contributed by atoms with Crippen molar-refractivity contribution in [2.45, 2.75) is 39.0 Å². The van der Waals surface area contributed by atoms with Gasteiger partial charge in [0.15, 0.2) is 0 Å². The smallest absolute Gasteiger partial charge is 0.219 e. The molecule has 0 aliphatic carbocycles. The quantitative estimate of drug-likeness (QED) is 0.853. The van der Waals surface area contributed by atoms with Crippen molar-refractivity contribution in [1.82, 2.24) is 4.31 Å². The van der Waals surface area contributed by atoms with Crippen molar-refractivity contribution >= 4 is 15.7 Å². The minimum absolute atomic E-state index is 0.362. The van der Waals surface area contributed by atoms with Gasteiger partial charge in [-0.1, -0.05) is 19.1 Å². The van der Waals surface area contributed by atoms with Gasteiger partial charge in [0.1, 0.15) is 0 Å². The molecule has 0 unspecified atom stereocenters. The van der Waals surface area contributed by atoms with Crippen LogP contribution in [0.4, 0.5) is 5.69 Å². The van der Waals surface area contributed by atoms with Crippen LogP contribution < -0.4 is 5.73 Å². The zero-order chi connectivity index (χ0) is 14.0. The molecule has 0 heterocycles. The molecule has 0 aliphatic rings. The number of nitrogen functional groups attached to an aromatic ring is 1. The Morgan fingerprint density at radius 3 is 2.33 bits per heavy atom. The molecular formula is C13H22N2O2S. The number of hydrogen-bond donors (Lipinski definition) is 1. The van der Waals surface area contributed by atoms with Crippen LogP contribution in [0.1, 0.15) is 33.3 Å². The summed E-state index contributed by atoms with van der Waals surface area (Å²) in [5, 5.41) is 0. The molecule has 5 heteroatoms. The summed E-state index contributed by atoms with van der Waals surface area (Å²) in [4.78, 5) is 0. The molecule has 0 amide bonds. The van der Waals surface area contributed by atoms with Gasteiger partial charge in [-0.05, 0) is 38.5 Å². The van der Waals surface area contributed by atoms with Crippen LogP contribution in [-0.2, 0) is 16.6 Å². The maximum Gasteiger partial charge on any atom is 0.219 e. The molecule has 4 nitrogen and oxygen atoms in total. The molecule has 0 bridgehead atoms. The molecule has 0 saturated heterocycles. The van der Waals surface area contributed by atoms with Gasteiger partial charge in [-0.15, -0.1) is 0 Å². The summed E-state index contributed by atoms with van der Waals surface area (Å²) in [6.07, 6.45) is 0. The molecule has 18 heavy (non-hydrogen) atoms. The molecule has 0 atom stereocenters. The Bertz CT molecular complexity index is 504. The standard InChI is InChI=1S/C13H22N2O2S/c1-5-15(18(16,17)13(2,3)4)10-11-7-6-8-12(14)9-11/h6-9H,5,10,14H2,1-4H3. The van der Waals surface area contributed by atoms with Crippen LogP contribution in [-0.4, -0.2) is 24.0 Å². The fraction of sp³-hybridized carbons (Fsp3) is 0.538. The molecule has 1 aromatic carbocycles. The second kappa shape index (κ2) is 5.28. The normalized spacial score (nSPS) is 12.9. The first-order valence-electron chi connectivity index (χ1n) is 6.02. The first-order chi connectivity index (χ1) is 8.18. The van der Waals surface area contributed by atoms with E-state index in [1.165, 1.54) is 4.31 Å². The number of sulfonamides is 1.